The fourth-order valence-electron chi connectivity index (χ4n) is 2.31. The maximum absolute atomic E-state index is 11.9. The van der Waals surface area contributed by atoms with Gasteiger partial charge in [0, 0.05) is 32.8 Å². The number of nitrogens with zero attached hydrogens (tertiary/aromatic N) is 1. The van der Waals surface area contributed by atoms with Crippen LogP contribution in [0, 0.1) is 5.41 Å². The first-order valence-corrected chi connectivity index (χ1v) is 6.37. The van der Waals surface area contributed by atoms with Gasteiger partial charge in [0.1, 0.15) is 0 Å². The number of amides is 2. The third kappa shape index (κ3) is 2.58. The monoisotopic (exact) mass is 256 g/mol. The Hall–Kier alpha value is -1.30. The summed E-state index contributed by atoms with van der Waals surface area (Å²) in [6.45, 7) is 3.02. The maximum atomic E-state index is 11.9. The predicted molar refractivity (Wildman–Crippen MR) is 64.1 cm³/mol. The highest BCUT2D eigenvalue weighted by Gasteiger charge is 2.41. The number of esters is 1. The minimum Gasteiger partial charge on any atom is -0.469 e. The largest absolute Gasteiger partial charge is 0.469 e. The van der Waals surface area contributed by atoms with Crippen molar-refractivity contribution in [3.05, 3.63) is 0 Å². The minimum absolute atomic E-state index is 0.0870. The van der Waals surface area contributed by atoms with E-state index in [1.807, 2.05) is 0 Å². The average molecular weight is 256 g/mol. The van der Waals surface area contributed by atoms with Gasteiger partial charge in [-0.1, -0.05) is 0 Å². The molecule has 2 amide bonds. The van der Waals surface area contributed by atoms with Crippen LogP contribution in [0.3, 0.4) is 0 Å². The number of carbonyl (C=O) groups is 2. The maximum Gasteiger partial charge on any atom is 0.317 e. The van der Waals surface area contributed by atoms with Crippen LogP contribution in [0.25, 0.3) is 0 Å². The fraction of sp³-hybridized carbons (Fsp3) is 0.833. The predicted octanol–water partition coefficient (Wildman–Crippen LogP) is 0.371. The van der Waals surface area contributed by atoms with Crippen LogP contribution in [0.1, 0.15) is 19.3 Å². The van der Waals surface area contributed by atoms with E-state index in [1.54, 1.807) is 4.90 Å². The van der Waals surface area contributed by atoms with E-state index in [4.69, 9.17) is 9.47 Å². The lowest BCUT2D eigenvalue weighted by molar-refractivity contribution is -0.158. The summed E-state index contributed by atoms with van der Waals surface area (Å²) in [7, 11) is 1.39. The molecule has 0 radical (unpaired) electrons. The molecule has 0 aromatic carbocycles. The number of carbonyl (C=O) groups excluding carboxylic acids is 2. The molecule has 2 aliphatic heterocycles. The molecular formula is C12H20N2O4. The van der Waals surface area contributed by atoms with Crippen LogP contribution in [0.2, 0.25) is 0 Å². The van der Waals surface area contributed by atoms with Crippen LogP contribution in [0.4, 0.5) is 4.79 Å². The highest BCUT2D eigenvalue weighted by atomic mass is 16.5. The number of methoxy groups -OCH3 is 1. The van der Waals surface area contributed by atoms with Crippen molar-refractivity contribution < 1.29 is 19.1 Å². The van der Waals surface area contributed by atoms with Crippen LogP contribution in [0.5, 0.6) is 0 Å². The lowest BCUT2D eigenvalue weighted by Gasteiger charge is -2.36. The SMILES string of the molecule is COC(=O)C1(CNC(=O)N2CCC2)CCOCC1. The zero-order chi connectivity index (χ0) is 13.0. The second kappa shape index (κ2) is 5.56. The topological polar surface area (TPSA) is 67.9 Å². The van der Waals surface area contributed by atoms with E-state index in [1.165, 1.54) is 7.11 Å². The Kier molecular flexibility index (Phi) is 4.06. The fourth-order valence-corrected chi connectivity index (χ4v) is 2.31. The molecule has 18 heavy (non-hydrogen) atoms. The lowest BCUT2D eigenvalue weighted by atomic mass is 9.80. The van der Waals surface area contributed by atoms with Crippen molar-refractivity contribution in [3.63, 3.8) is 0 Å². The van der Waals surface area contributed by atoms with Gasteiger partial charge in [-0.2, -0.15) is 0 Å². The molecule has 0 atom stereocenters. The van der Waals surface area contributed by atoms with Crippen molar-refractivity contribution in [2.24, 2.45) is 5.41 Å². The lowest BCUT2D eigenvalue weighted by Crippen LogP contribution is -2.53. The molecule has 2 rings (SSSR count). The van der Waals surface area contributed by atoms with Crippen molar-refractivity contribution >= 4 is 12.0 Å². The first kappa shape index (κ1) is 13.1. The van der Waals surface area contributed by atoms with E-state index in [0.29, 0.717) is 32.6 Å². The van der Waals surface area contributed by atoms with Crippen LogP contribution in [0.15, 0.2) is 0 Å². The van der Waals surface area contributed by atoms with Gasteiger partial charge in [0.05, 0.1) is 12.5 Å². The third-order valence-corrected chi connectivity index (χ3v) is 3.79. The number of hydrogen-bond donors (Lipinski definition) is 1. The Morgan fingerprint density at radius 1 is 1.33 bits per heavy atom. The molecule has 0 aromatic heterocycles. The van der Waals surface area contributed by atoms with Crippen LogP contribution in [-0.4, -0.2) is 56.9 Å². The molecule has 0 saturated carbocycles. The number of hydrogen-bond acceptors (Lipinski definition) is 4. The molecule has 102 valence electrons. The first-order chi connectivity index (χ1) is 8.68. The van der Waals surface area contributed by atoms with E-state index in [-0.39, 0.29) is 12.0 Å². The Morgan fingerprint density at radius 2 is 2.00 bits per heavy atom. The van der Waals surface area contributed by atoms with Crippen molar-refractivity contribution in [1.29, 1.82) is 0 Å². The molecule has 2 heterocycles. The summed E-state index contributed by atoms with van der Waals surface area (Å²) in [6.07, 6.45) is 2.25. The summed E-state index contributed by atoms with van der Waals surface area (Å²) in [5, 5.41) is 2.84. The molecule has 0 bridgehead atoms. The van der Waals surface area contributed by atoms with Crippen LogP contribution >= 0.6 is 0 Å². The van der Waals surface area contributed by atoms with E-state index >= 15 is 0 Å². The van der Waals surface area contributed by atoms with Gasteiger partial charge >= 0.3 is 12.0 Å². The van der Waals surface area contributed by atoms with Crippen LogP contribution < -0.4 is 5.32 Å². The Balaban J connectivity index is 1.92. The average Bonchev–Trinajstić information content (AvgIpc) is 2.34. The Labute approximate surface area is 107 Å². The molecule has 1 N–H and O–H groups in total. The number of ether oxygens (including phenoxy) is 2. The van der Waals surface area contributed by atoms with Gasteiger partial charge in [0.25, 0.3) is 0 Å². The third-order valence-electron chi connectivity index (χ3n) is 3.79. The standard InChI is InChI=1S/C12H20N2O4/c1-17-10(15)12(3-7-18-8-4-12)9-13-11(16)14-5-2-6-14/h2-9H2,1H3,(H,13,16). The molecule has 6 nitrogen and oxygen atoms in total. The summed E-state index contributed by atoms with van der Waals surface area (Å²) in [5.41, 5.74) is -0.618. The normalized spacial score (nSPS) is 21.9. The summed E-state index contributed by atoms with van der Waals surface area (Å²) in [4.78, 5) is 25.4. The van der Waals surface area contributed by atoms with E-state index < -0.39 is 5.41 Å². The van der Waals surface area contributed by atoms with Crippen LogP contribution in [-0.2, 0) is 14.3 Å². The molecule has 0 aliphatic carbocycles. The van der Waals surface area contributed by atoms with Gasteiger partial charge in [-0.15, -0.1) is 0 Å². The molecular weight excluding hydrogens is 236 g/mol. The van der Waals surface area contributed by atoms with Crippen molar-refractivity contribution in [1.82, 2.24) is 10.2 Å². The van der Waals surface area contributed by atoms with Gasteiger partial charge in [0.2, 0.25) is 0 Å². The van der Waals surface area contributed by atoms with Crippen molar-refractivity contribution in [3.8, 4) is 0 Å². The summed E-state index contributed by atoms with van der Waals surface area (Å²) >= 11 is 0. The number of likely N-dealkylation sites (tertiary alicyclic amines) is 1. The van der Waals surface area contributed by atoms with Gasteiger partial charge in [-0.3, -0.25) is 4.79 Å². The second-order valence-electron chi connectivity index (χ2n) is 4.88. The molecule has 0 unspecified atom stereocenters. The van der Waals surface area contributed by atoms with Crippen molar-refractivity contribution in [2.45, 2.75) is 19.3 Å². The smallest absolute Gasteiger partial charge is 0.317 e. The highest BCUT2D eigenvalue weighted by Crippen LogP contribution is 2.31. The number of rotatable bonds is 3. The quantitative estimate of drug-likeness (QED) is 0.741. The highest BCUT2D eigenvalue weighted by molar-refractivity contribution is 5.79. The van der Waals surface area contributed by atoms with Gasteiger partial charge < -0.3 is 19.7 Å². The molecule has 6 heteroatoms. The molecule has 2 fully saturated rings. The Bertz CT molecular complexity index is 322. The van der Waals surface area contributed by atoms with E-state index in [9.17, 15) is 9.59 Å². The number of nitrogens with one attached hydrogen (secondary N) is 1. The van der Waals surface area contributed by atoms with E-state index in [2.05, 4.69) is 5.32 Å². The zero-order valence-electron chi connectivity index (χ0n) is 10.7. The second-order valence-corrected chi connectivity index (χ2v) is 4.88. The van der Waals surface area contributed by atoms with E-state index in [0.717, 1.165) is 19.5 Å². The summed E-state index contributed by atoms with van der Waals surface area (Å²) in [5.74, 6) is -0.255. The first-order valence-electron chi connectivity index (χ1n) is 6.37. The molecule has 2 saturated heterocycles. The summed E-state index contributed by atoms with van der Waals surface area (Å²) < 4.78 is 10.1. The Morgan fingerprint density at radius 3 is 2.50 bits per heavy atom. The zero-order valence-corrected chi connectivity index (χ0v) is 10.7. The molecule has 0 aromatic rings. The van der Waals surface area contributed by atoms with Gasteiger partial charge in [-0.25, -0.2) is 4.79 Å². The van der Waals surface area contributed by atoms with Gasteiger partial charge in [0.15, 0.2) is 0 Å². The summed E-state index contributed by atoms with van der Waals surface area (Å²) in [6, 6.07) is -0.0870. The van der Waals surface area contributed by atoms with Crippen molar-refractivity contribution in [2.75, 3.05) is 40.0 Å². The molecule has 0 spiro atoms. The minimum atomic E-state index is -0.618. The molecule has 2 aliphatic rings. The number of urea groups is 1. The van der Waals surface area contributed by atoms with Gasteiger partial charge in [-0.05, 0) is 19.3 Å².